The Morgan fingerprint density at radius 2 is 2.22 bits per heavy atom. The Morgan fingerprint density at radius 1 is 1.39 bits per heavy atom. The summed E-state index contributed by atoms with van der Waals surface area (Å²) < 4.78 is 0. The first kappa shape index (κ1) is 10.8. The third kappa shape index (κ3) is 1.81. The maximum atomic E-state index is 11.8. The Kier molecular flexibility index (Phi) is 2.29. The van der Waals surface area contributed by atoms with Crippen LogP contribution in [0.1, 0.15) is 6.42 Å². The molecule has 1 heterocycles. The van der Waals surface area contributed by atoms with E-state index in [1.54, 1.807) is 18.3 Å². The molecule has 2 atom stereocenters. The third-order valence-corrected chi connectivity index (χ3v) is 3.15. The molecule has 3 rings (SSSR count). The summed E-state index contributed by atoms with van der Waals surface area (Å²) in [6.45, 7) is 0. The first-order valence-electron chi connectivity index (χ1n) is 5.62. The lowest BCUT2D eigenvalue weighted by atomic mass is 10.2. The number of carboxylic acid groups (broad SMARTS) is 1. The summed E-state index contributed by atoms with van der Waals surface area (Å²) in [7, 11) is 0. The number of nitrogens with zero attached hydrogens (tertiary/aromatic N) is 1. The van der Waals surface area contributed by atoms with Crippen LogP contribution in [0.15, 0.2) is 24.4 Å². The van der Waals surface area contributed by atoms with E-state index in [1.165, 1.54) is 0 Å². The monoisotopic (exact) mass is 245 g/mol. The minimum atomic E-state index is -0.902. The van der Waals surface area contributed by atoms with Crippen LogP contribution in [0.3, 0.4) is 0 Å². The number of aliphatic carboxylic acids is 1. The number of H-pyrrole nitrogens is 1. The van der Waals surface area contributed by atoms with Crippen LogP contribution in [0.4, 0.5) is 5.69 Å². The number of carbonyl (C=O) groups excluding carboxylic acids is 1. The SMILES string of the molecule is O=C(O)[C@H]1C[C@H]1C(=O)Nc1ccc2[nH]ncc2c1. The van der Waals surface area contributed by atoms with E-state index in [2.05, 4.69) is 15.5 Å². The Hall–Kier alpha value is -2.37. The second-order valence-corrected chi connectivity index (χ2v) is 4.45. The predicted octanol–water partition coefficient (Wildman–Crippen LogP) is 1.22. The molecule has 18 heavy (non-hydrogen) atoms. The second-order valence-electron chi connectivity index (χ2n) is 4.45. The van der Waals surface area contributed by atoms with Crippen LogP contribution in [0.2, 0.25) is 0 Å². The topological polar surface area (TPSA) is 95.1 Å². The number of carboxylic acids is 1. The van der Waals surface area contributed by atoms with Gasteiger partial charge in [0, 0.05) is 11.1 Å². The van der Waals surface area contributed by atoms with Gasteiger partial charge in [-0.15, -0.1) is 0 Å². The minimum Gasteiger partial charge on any atom is -0.481 e. The molecule has 0 spiro atoms. The Labute approximate surface area is 102 Å². The van der Waals surface area contributed by atoms with Crippen molar-refractivity contribution >= 4 is 28.5 Å². The van der Waals surface area contributed by atoms with Gasteiger partial charge in [0.25, 0.3) is 0 Å². The summed E-state index contributed by atoms with van der Waals surface area (Å²) in [5.41, 5.74) is 1.55. The molecule has 0 radical (unpaired) electrons. The molecular formula is C12H11N3O3. The van der Waals surface area contributed by atoms with E-state index in [-0.39, 0.29) is 5.91 Å². The van der Waals surface area contributed by atoms with Gasteiger partial charge in [-0.1, -0.05) is 0 Å². The zero-order chi connectivity index (χ0) is 12.7. The van der Waals surface area contributed by atoms with Crippen LogP contribution in [0, 0.1) is 11.8 Å². The second kappa shape index (κ2) is 3.83. The Morgan fingerprint density at radius 3 is 2.94 bits per heavy atom. The zero-order valence-corrected chi connectivity index (χ0v) is 9.38. The number of aromatic amines is 1. The largest absolute Gasteiger partial charge is 0.481 e. The summed E-state index contributed by atoms with van der Waals surface area (Å²) in [4.78, 5) is 22.4. The van der Waals surface area contributed by atoms with Crippen LogP contribution in [0.5, 0.6) is 0 Å². The van der Waals surface area contributed by atoms with E-state index in [1.807, 2.05) is 6.07 Å². The summed E-state index contributed by atoms with van der Waals surface area (Å²) in [5, 5.41) is 19.1. The maximum absolute atomic E-state index is 11.8. The minimum absolute atomic E-state index is 0.231. The normalized spacial score (nSPS) is 21.8. The summed E-state index contributed by atoms with van der Waals surface area (Å²) in [6, 6.07) is 5.38. The molecule has 3 N–H and O–H groups in total. The number of benzene rings is 1. The van der Waals surface area contributed by atoms with E-state index in [0.29, 0.717) is 12.1 Å². The Balaban J connectivity index is 1.72. The number of hydrogen-bond acceptors (Lipinski definition) is 3. The molecule has 1 aliphatic carbocycles. The highest BCUT2D eigenvalue weighted by molar-refractivity contribution is 5.99. The van der Waals surface area contributed by atoms with Crippen molar-refractivity contribution in [3.63, 3.8) is 0 Å². The van der Waals surface area contributed by atoms with E-state index in [0.717, 1.165) is 10.9 Å². The molecule has 0 saturated heterocycles. The van der Waals surface area contributed by atoms with E-state index in [4.69, 9.17) is 5.11 Å². The third-order valence-electron chi connectivity index (χ3n) is 3.15. The molecule has 1 fully saturated rings. The van der Waals surface area contributed by atoms with E-state index in [9.17, 15) is 9.59 Å². The summed E-state index contributed by atoms with van der Waals surface area (Å²) in [6.07, 6.45) is 2.09. The fraction of sp³-hybridized carbons (Fsp3) is 0.250. The standard InChI is InChI=1S/C12H11N3O3/c16-11(8-4-9(8)12(17)18)14-7-1-2-10-6(3-7)5-13-15-10/h1-3,5,8-9H,4H2,(H,13,15)(H,14,16)(H,17,18)/t8-,9+/m1/s1. The van der Waals surface area contributed by atoms with Crippen molar-refractivity contribution in [3.8, 4) is 0 Å². The number of nitrogens with one attached hydrogen (secondary N) is 2. The first-order chi connectivity index (χ1) is 8.65. The van der Waals surface area contributed by atoms with E-state index >= 15 is 0 Å². The number of hydrogen-bond donors (Lipinski definition) is 3. The number of aromatic nitrogens is 2. The Bertz CT molecular complexity index is 634. The van der Waals surface area contributed by atoms with Crippen molar-refractivity contribution < 1.29 is 14.7 Å². The van der Waals surface area contributed by atoms with Crippen molar-refractivity contribution in [1.29, 1.82) is 0 Å². The average molecular weight is 245 g/mol. The average Bonchev–Trinajstić information content (AvgIpc) is 3.02. The molecule has 1 aromatic carbocycles. The fourth-order valence-corrected chi connectivity index (χ4v) is 2.01. The van der Waals surface area contributed by atoms with Gasteiger partial charge in [0.15, 0.2) is 0 Å². The maximum Gasteiger partial charge on any atom is 0.307 e. The molecule has 0 bridgehead atoms. The van der Waals surface area contributed by atoms with Crippen LogP contribution in [0.25, 0.3) is 10.9 Å². The quantitative estimate of drug-likeness (QED) is 0.757. The van der Waals surface area contributed by atoms with Gasteiger partial charge in [-0.25, -0.2) is 0 Å². The smallest absolute Gasteiger partial charge is 0.307 e. The molecule has 1 saturated carbocycles. The lowest BCUT2D eigenvalue weighted by molar-refractivity contribution is -0.139. The van der Waals surface area contributed by atoms with Gasteiger partial charge in [-0.05, 0) is 24.6 Å². The molecule has 1 amide bonds. The van der Waals surface area contributed by atoms with Gasteiger partial charge in [0.1, 0.15) is 0 Å². The van der Waals surface area contributed by atoms with Gasteiger partial charge >= 0.3 is 5.97 Å². The molecule has 2 aromatic rings. The van der Waals surface area contributed by atoms with E-state index < -0.39 is 17.8 Å². The molecular weight excluding hydrogens is 234 g/mol. The van der Waals surface area contributed by atoms with Crippen LogP contribution >= 0.6 is 0 Å². The highest BCUT2D eigenvalue weighted by atomic mass is 16.4. The van der Waals surface area contributed by atoms with Crippen molar-refractivity contribution in [2.24, 2.45) is 11.8 Å². The van der Waals surface area contributed by atoms with Gasteiger partial charge in [0.05, 0.1) is 23.5 Å². The molecule has 6 heteroatoms. The molecule has 1 aliphatic rings. The molecule has 0 aliphatic heterocycles. The molecule has 6 nitrogen and oxygen atoms in total. The number of rotatable bonds is 3. The summed E-state index contributed by atoms with van der Waals surface area (Å²) in [5.74, 6) is -2.06. The van der Waals surface area contributed by atoms with Gasteiger partial charge in [0.2, 0.25) is 5.91 Å². The van der Waals surface area contributed by atoms with Gasteiger partial charge in [-0.3, -0.25) is 14.7 Å². The lowest BCUT2D eigenvalue weighted by Crippen LogP contribution is -2.16. The number of amides is 1. The fourth-order valence-electron chi connectivity index (χ4n) is 2.01. The van der Waals surface area contributed by atoms with Crippen molar-refractivity contribution in [2.75, 3.05) is 5.32 Å². The van der Waals surface area contributed by atoms with Crippen molar-refractivity contribution in [2.45, 2.75) is 6.42 Å². The van der Waals surface area contributed by atoms with Crippen LogP contribution in [-0.2, 0) is 9.59 Å². The zero-order valence-electron chi connectivity index (χ0n) is 9.38. The van der Waals surface area contributed by atoms with Crippen molar-refractivity contribution in [3.05, 3.63) is 24.4 Å². The predicted molar refractivity (Wildman–Crippen MR) is 64.0 cm³/mol. The molecule has 0 unspecified atom stereocenters. The molecule has 1 aromatic heterocycles. The number of carbonyl (C=O) groups is 2. The summed E-state index contributed by atoms with van der Waals surface area (Å²) >= 11 is 0. The molecule has 92 valence electrons. The highest BCUT2D eigenvalue weighted by Gasteiger charge is 2.48. The van der Waals surface area contributed by atoms with Gasteiger partial charge < -0.3 is 10.4 Å². The number of fused-ring (bicyclic) bond motifs is 1. The van der Waals surface area contributed by atoms with Crippen LogP contribution in [-0.4, -0.2) is 27.2 Å². The first-order valence-corrected chi connectivity index (χ1v) is 5.62. The van der Waals surface area contributed by atoms with Crippen molar-refractivity contribution in [1.82, 2.24) is 10.2 Å². The lowest BCUT2D eigenvalue weighted by Gasteiger charge is -2.04. The van der Waals surface area contributed by atoms with Crippen LogP contribution < -0.4 is 5.32 Å². The number of anilines is 1. The highest BCUT2D eigenvalue weighted by Crippen LogP contribution is 2.39. The van der Waals surface area contributed by atoms with Gasteiger partial charge in [-0.2, -0.15) is 5.10 Å².